The number of phosphoric acid groups is 1. The number of carbonyl (C=O) groups excluding carboxylic acids is 1. The van der Waals surface area contributed by atoms with Gasteiger partial charge in [0.25, 0.3) is 7.82 Å². The molecule has 0 rings (SSSR count). The minimum Gasteiger partial charge on any atom is -0.756 e. The molecule has 0 N–H and O–H groups in total. The van der Waals surface area contributed by atoms with Crippen molar-refractivity contribution in [2.75, 3.05) is 67.8 Å². The number of rotatable bonds is 14. The van der Waals surface area contributed by atoms with Gasteiger partial charge in [-0.1, -0.05) is 6.58 Å². The number of hydrogen-bond acceptors (Lipinski definition) is 8. The van der Waals surface area contributed by atoms with Gasteiger partial charge in [0, 0.05) is 12.7 Å². The zero-order valence-electron chi connectivity index (χ0n) is 15.7. The Morgan fingerprint density at radius 3 is 2.36 bits per heavy atom. The van der Waals surface area contributed by atoms with E-state index in [1.165, 1.54) is 14.0 Å². The summed E-state index contributed by atoms with van der Waals surface area (Å²) in [5.74, 6) is -0.642. The Bertz CT molecular complexity index is 463. The van der Waals surface area contributed by atoms with Gasteiger partial charge in [-0.2, -0.15) is 0 Å². The van der Waals surface area contributed by atoms with Crippen LogP contribution < -0.4 is 4.89 Å². The standard InChI is InChI=1S/C15H30NO8P/c1-13(2)15(17)22-12-14(11-21-10-9-20-6)24-25(18,19)23-8-7-16(3,4)5/h14H,1,7-12H2,2-6H3. The van der Waals surface area contributed by atoms with Crippen molar-refractivity contribution >= 4 is 13.8 Å². The van der Waals surface area contributed by atoms with E-state index in [-0.39, 0.29) is 32.0 Å². The molecule has 0 radical (unpaired) electrons. The molecule has 0 bridgehead atoms. The fraction of sp³-hybridized carbons (Fsp3) is 0.800. The number of carbonyl (C=O) groups is 1. The lowest BCUT2D eigenvalue weighted by molar-refractivity contribution is -0.870. The van der Waals surface area contributed by atoms with E-state index in [9.17, 15) is 14.3 Å². The van der Waals surface area contributed by atoms with Gasteiger partial charge in [0.2, 0.25) is 0 Å². The van der Waals surface area contributed by atoms with E-state index in [2.05, 4.69) is 6.58 Å². The fourth-order valence-corrected chi connectivity index (χ4v) is 2.25. The third-order valence-corrected chi connectivity index (χ3v) is 3.83. The van der Waals surface area contributed by atoms with E-state index in [0.29, 0.717) is 17.6 Å². The van der Waals surface area contributed by atoms with Crippen LogP contribution in [-0.2, 0) is 32.6 Å². The number of quaternary nitrogens is 1. The first-order valence-electron chi connectivity index (χ1n) is 7.80. The largest absolute Gasteiger partial charge is 0.756 e. The number of likely N-dealkylation sites (N-methyl/N-ethyl adjacent to an activating group) is 1. The predicted molar refractivity (Wildman–Crippen MR) is 89.8 cm³/mol. The maximum Gasteiger partial charge on any atom is 0.333 e. The van der Waals surface area contributed by atoms with Gasteiger partial charge >= 0.3 is 5.97 Å². The summed E-state index contributed by atoms with van der Waals surface area (Å²) in [7, 11) is 2.67. The second kappa shape index (κ2) is 11.7. The van der Waals surface area contributed by atoms with Gasteiger partial charge in [-0.15, -0.1) is 0 Å². The van der Waals surface area contributed by atoms with Gasteiger partial charge in [0.1, 0.15) is 25.9 Å². The Morgan fingerprint density at radius 2 is 1.84 bits per heavy atom. The molecule has 0 saturated heterocycles. The van der Waals surface area contributed by atoms with Crippen LogP contribution in [0.25, 0.3) is 0 Å². The summed E-state index contributed by atoms with van der Waals surface area (Å²) >= 11 is 0. The third-order valence-electron chi connectivity index (χ3n) is 2.77. The highest BCUT2D eigenvalue weighted by Gasteiger charge is 2.21. The van der Waals surface area contributed by atoms with Crippen LogP contribution in [0.5, 0.6) is 0 Å². The molecule has 0 aliphatic heterocycles. The van der Waals surface area contributed by atoms with E-state index < -0.39 is 19.9 Å². The van der Waals surface area contributed by atoms with Crippen LogP contribution in [0.1, 0.15) is 6.92 Å². The summed E-state index contributed by atoms with van der Waals surface area (Å²) in [5.41, 5.74) is 0.198. The smallest absolute Gasteiger partial charge is 0.333 e. The van der Waals surface area contributed by atoms with Crippen LogP contribution in [0.4, 0.5) is 0 Å². The Labute approximate surface area is 149 Å². The molecule has 0 aliphatic rings. The monoisotopic (exact) mass is 383 g/mol. The van der Waals surface area contributed by atoms with Crippen molar-refractivity contribution in [3.63, 3.8) is 0 Å². The molecule has 0 heterocycles. The molecule has 0 aliphatic carbocycles. The summed E-state index contributed by atoms with van der Waals surface area (Å²) < 4.78 is 37.3. The van der Waals surface area contributed by atoms with E-state index in [1.54, 1.807) is 0 Å². The summed E-state index contributed by atoms with van der Waals surface area (Å²) in [6.07, 6.45) is -1.02. The quantitative estimate of drug-likeness (QED) is 0.139. The molecule has 2 unspecified atom stereocenters. The molecule has 10 heteroatoms. The first-order valence-corrected chi connectivity index (χ1v) is 9.26. The highest BCUT2D eigenvalue weighted by molar-refractivity contribution is 7.45. The molecular weight excluding hydrogens is 353 g/mol. The maximum absolute atomic E-state index is 11.9. The Hall–Kier alpha value is -0.800. The maximum atomic E-state index is 11.9. The molecule has 0 fully saturated rings. The van der Waals surface area contributed by atoms with E-state index >= 15 is 0 Å². The molecule has 0 saturated carbocycles. The predicted octanol–water partition coefficient (Wildman–Crippen LogP) is 0.345. The SMILES string of the molecule is C=C(C)C(=O)OCC(COCCOC)OP(=O)([O-])OCC[N+](C)(C)C. The summed E-state index contributed by atoms with van der Waals surface area (Å²) in [4.78, 5) is 23.4. The number of nitrogens with zero attached hydrogens (tertiary/aromatic N) is 1. The molecule has 0 aromatic rings. The minimum absolute atomic E-state index is 0.0208. The van der Waals surface area contributed by atoms with Crippen molar-refractivity contribution in [2.24, 2.45) is 0 Å². The average Bonchev–Trinajstić information content (AvgIpc) is 2.46. The second-order valence-electron chi connectivity index (χ2n) is 6.47. The number of phosphoric ester groups is 1. The second-order valence-corrected chi connectivity index (χ2v) is 7.83. The summed E-state index contributed by atoms with van der Waals surface area (Å²) in [6.45, 7) is 5.58. The molecule has 0 spiro atoms. The van der Waals surface area contributed by atoms with E-state index in [4.69, 9.17) is 23.3 Å². The molecule has 25 heavy (non-hydrogen) atoms. The van der Waals surface area contributed by atoms with E-state index in [0.717, 1.165) is 0 Å². The zero-order chi connectivity index (χ0) is 19.5. The Morgan fingerprint density at radius 1 is 1.20 bits per heavy atom. The van der Waals surface area contributed by atoms with Crippen molar-refractivity contribution in [1.82, 2.24) is 0 Å². The molecule has 0 amide bonds. The number of hydrogen-bond donors (Lipinski definition) is 0. The van der Waals surface area contributed by atoms with Crippen molar-refractivity contribution in [3.05, 3.63) is 12.2 Å². The normalized spacial score (nSPS) is 15.4. The molecule has 148 valence electrons. The first-order chi connectivity index (χ1) is 11.5. The lowest BCUT2D eigenvalue weighted by Crippen LogP contribution is -2.38. The molecule has 9 nitrogen and oxygen atoms in total. The zero-order valence-corrected chi connectivity index (χ0v) is 16.6. The highest BCUT2D eigenvalue weighted by atomic mass is 31.2. The summed E-state index contributed by atoms with van der Waals surface area (Å²) in [6, 6.07) is 0. The van der Waals surface area contributed by atoms with Gasteiger partial charge < -0.3 is 32.6 Å². The van der Waals surface area contributed by atoms with Crippen molar-refractivity contribution in [2.45, 2.75) is 13.0 Å². The number of methoxy groups -OCH3 is 1. The van der Waals surface area contributed by atoms with E-state index in [1.807, 2.05) is 21.1 Å². The van der Waals surface area contributed by atoms with Crippen LogP contribution in [0, 0.1) is 0 Å². The number of ether oxygens (including phenoxy) is 3. The van der Waals surface area contributed by atoms with Crippen LogP contribution in [0.3, 0.4) is 0 Å². The molecule has 0 aromatic heterocycles. The van der Waals surface area contributed by atoms with Gasteiger partial charge in [-0.3, -0.25) is 4.57 Å². The fourth-order valence-electron chi connectivity index (χ4n) is 1.40. The van der Waals surface area contributed by atoms with Gasteiger partial charge in [-0.05, 0) is 6.92 Å². The Balaban J connectivity index is 4.57. The van der Waals surface area contributed by atoms with Crippen LogP contribution in [0.2, 0.25) is 0 Å². The molecule has 0 aromatic carbocycles. The first kappa shape index (κ1) is 24.2. The van der Waals surface area contributed by atoms with Crippen LogP contribution >= 0.6 is 7.82 Å². The topological polar surface area (TPSA) is 103 Å². The van der Waals surface area contributed by atoms with Crippen molar-refractivity contribution in [3.8, 4) is 0 Å². The third kappa shape index (κ3) is 14.1. The Kier molecular flexibility index (Phi) is 11.4. The number of esters is 1. The lowest BCUT2D eigenvalue weighted by atomic mass is 10.3. The van der Waals surface area contributed by atoms with Gasteiger partial charge in [-0.25, -0.2) is 4.79 Å². The molecular formula is C15H30NO8P. The van der Waals surface area contributed by atoms with Crippen LogP contribution in [-0.4, -0.2) is 84.4 Å². The van der Waals surface area contributed by atoms with Crippen molar-refractivity contribution in [1.29, 1.82) is 0 Å². The van der Waals surface area contributed by atoms with Crippen molar-refractivity contribution < 1.29 is 42.0 Å². The highest BCUT2D eigenvalue weighted by Crippen LogP contribution is 2.39. The minimum atomic E-state index is -4.56. The average molecular weight is 383 g/mol. The van der Waals surface area contributed by atoms with Gasteiger partial charge in [0.15, 0.2) is 0 Å². The van der Waals surface area contributed by atoms with Gasteiger partial charge in [0.05, 0.1) is 41.0 Å². The summed E-state index contributed by atoms with van der Waals surface area (Å²) in [5, 5.41) is 0. The molecule has 2 atom stereocenters. The van der Waals surface area contributed by atoms with Crippen LogP contribution in [0.15, 0.2) is 12.2 Å². The lowest BCUT2D eigenvalue weighted by Gasteiger charge is -2.29.